The first-order valence-electron chi connectivity index (χ1n) is 9.84. The van der Waals surface area contributed by atoms with Crippen LogP contribution in [0.25, 0.3) is 0 Å². The minimum absolute atomic E-state index is 0.00584. The summed E-state index contributed by atoms with van der Waals surface area (Å²) in [5.41, 5.74) is 2.78. The third kappa shape index (κ3) is 3.29. The van der Waals surface area contributed by atoms with Crippen molar-refractivity contribution in [3.63, 3.8) is 0 Å². The van der Waals surface area contributed by atoms with Crippen LogP contribution in [0.5, 0.6) is 0 Å². The third-order valence-electron chi connectivity index (χ3n) is 6.77. The van der Waals surface area contributed by atoms with Crippen molar-refractivity contribution in [1.82, 2.24) is 10.6 Å². The largest absolute Gasteiger partial charge is 0.381 e. The second-order valence-electron chi connectivity index (χ2n) is 8.32. The molecule has 2 atom stereocenters. The Kier molecular flexibility index (Phi) is 4.48. The van der Waals surface area contributed by atoms with E-state index in [9.17, 15) is 4.79 Å². The van der Waals surface area contributed by atoms with Gasteiger partial charge >= 0.3 is 6.03 Å². The molecular formula is C21H30N2O2. The lowest BCUT2D eigenvalue weighted by Crippen LogP contribution is -2.51. The van der Waals surface area contributed by atoms with Gasteiger partial charge in [-0.25, -0.2) is 4.79 Å². The minimum atomic E-state index is -0.00584. The molecule has 4 rings (SSSR count). The molecule has 2 N–H and O–H groups in total. The molecule has 0 aromatic heterocycles. The molecule has 3 aliphatic rings. The zero-order valence-electron chi connectivity index (χ0n) is 15.3. The fourth-order valence-electron chi connectivity index (χ4n) is 5.10. The summed E-state index contributed by atoms with van der Waals surface area (Å²) in [6.45, 7) is 4.39. The van der Waals surface area contributed by atoms with E-state index >= 15 is 0 Å². The van der Waals surface area contributed by atoms with Crippen LogP contribution < -0.4 is 10.6 Å². The third-order valence-corrected chi connectivity index (χ3v) is 6.77. The number of benzene rings is 1. The van der Waals surface area contributed by atoms with Crippen LogP contribution in [0.1, 0.15) is 56.1 Å². The number of carbonyl (C=O) groups excluding carboxylic acids is 1. The highest BCUT2D eigenvalue weighted by molar-refractivity contribution is 5.75. The van der Waals surface area contributed by atoms with Gasteiger partial charge in [-0.1, -0.05) is 37.1 Å². The van der Waals surface area contributed by atoms with Gasteiger partial charge in [-0.3, -0.25) is 0 Å². The van der Waals surface area contributed by atoms with Crippen molar-refractivity contribution in [2.75, 3.05) is 19.8 Å². The van der Waals surface area contributed by atoms with Crippen molar-refractivity contribution in [3.8, 4) is 0 Å². The molecule has 0 bridgehead atoms. The summed E-state index contributed by atoms with van der Waals surface area (Å²) in [4.78, 5) is 12.6. The van der Waals surface area contributed by atoms with Gasteiger partial charge in [0.1, 0.15) is 0 Å². The number of rotatable bonds is 4. The number of carbonyl (C=O) groups is 1. The summed E-state index contributed by atoms with van der Waals surface area (Å²) < 4.78 is 5.61. The maximum atomic E-state index is 12.6. The SMILES string of the molecule is Cc1ccccc1C1(CNC(=O)NC23CCCCC2C3)CCOCC1. The van der Waals surface area contributed by atoms with Gasteiger partial charge in [-0.15, -0.1) is 0 Å². The lowest BCUT2D eigenvalue weighted by atomic mass is 9.72. The second kappa shape index (κ2) is 6.64. The highest BCUT2D eigenvalue weighted by atomic mass is 16.5. The smallest absolute Gasteiger partial charge is 0.315 e. The molecule has 0 radical (unpaired) electrons. The summed E-state index contributed by atoms with van der Waals surface area (Å²) in [6.07, 6.45) is 8.12. The summed E-state index contributed by atoms with van der Waals surface area (Å²) >= 11 is 0. The Bertz CT molecular complexity index is 639. The van der Waals surface area contributed by atoms with Crippen LogP contribution in [0.2, 0.25) is 0 Å². The number of hydrogen-bond acceptors (Lipinski definition) is 2. The maximum Gasteiger partial charge on any atom is 0.315 e. The van der Waals surface area contributed by atoms with Crippen molar-refractivity contribution in [1.29, 1.82) is 0 Å². The van der Waals surface area contributed by atoms with Gasteiger partial charge in [-0.2, -0.15) is 0 Å². The summed E-state index contributed by atoms with van der Waals surface area (Å²) in [5.74, 6) is 0.723. The average Bonchev–Trinajstić information content (AvgIpc) is 3.35. The molecule has 1 aromatic rings. The topological polar surface area (TPSA) is 50.4 Å². The molecule has 0 spiro atoms. The first-order valence-corrected chi connectivity index (χ1v) is 9.84. The Morgan fingerprint density at radius 2 is 2.00 bits per heavy atom. The van der Waals surface area contributed by atoms with E-state index < -0.39 is 0 Å². The fourth-order valence-corrected chi connectivity index (χ4v) is 5.10. The van der Waals surface area contributed by atoms with E-state index in [0.29, 0.717) is 6.54 Å². The molecule has 4 nitrogen and oxygen atoms in total. The highest BCUT2D eigenvalue weighted by Gasteiger charge is 2.55. The van der Waals surface area contributed by atoms with E-state index in [0.717, 1.165) is 38.4 Å². The molecule has 136 valence electrons. The monoisotopic (exact) mass is 342 g/mol. The Morgan fingerprint density at radius 3 is 2.76 bits per heavy atom. The number of aryl methyl sites for hydroxylation is 1. The van der Waals surface area contributed by atoms with E-state index in [1.807, 2.05) is 0 Å². The molecule has 1 heterocycles. The number of nitrogens with one attached hydrogen (secondary N) is 2. The zero-order chi connectivity index (χ0) is 17.3. The Morgan fingerprint density at radius 1 is 1.20 bits per heavy atom. The quantitative estimate of drug-likeness (QED) is 0.877. The van der Waals surface area contributed by atoms with E-state index in [-0.39, 0.29) is 17.0 Å². The van der Waals surface area contributed by atoms with Crippen LogP contribution in [0.3, 0.4) is 0 Å². The van der Waals surface area contributed by atoms with E-state index in [4.69, 9.17) is 4.74 Å². The highest BCUT2D eigenvalue weighted by Crippen LogP contribution is 2.53. The van der Waals surface area contributed by atoms with Gasteiger partial charge in [0.15, 0.2) is 0 Å². The second-order valence-corrected chi connectivity index (χ2v) is 8.32. The van der Waals surface area contributed by atoms with Gasteiger partial charge < -0.3 is 15.4 Å². The molecule has 25 heavy (non-hydrogen) atoms. The van der Waals surface area contributed by atoms with E-state index in [1.165, 1.54) is 36.8 Å². The van der Waals surface area contributed by atoms with Gasteiger partial charge in [0, 0.05) is 30.7 Å². The van der Waals surface area contributed by atoms with Crippen LogP contribution in [-0.2, 0) is 10.2 Å². The Hall–Kier alpha value is -1.55. The first-order chi connectivity index (χ1) is 12.1. The van der Waals surface area contributed by atoms with Crippen LogP contribution in [0.15, 0.2) is 24.3 Å². The van der Waals surface area contributed by atoms with Crippen LogP contribution in [0, 0.1) is 12.8 Å². The Balaban J connectivity index is 1.43. The molecule has 2 unspecified atom stereocenters. The molecule has 2 amide bonds. The summed E-state index contributed by atoms with van der Waals surface area (Å²) in [5, 5.41) is 6.52. The van der Waals surface area contributed by atoms with Gasteiger partial charge in [-0.05, 0) is 56.1 Å². The van der Waals surface area contributed by atoms with Crippen LogP contribution >= 0.6 is 0 Å². The lowest BCUT2D eigenvalue weighted by Gasteiger charge is -2.39. The van der Waals surface area contributed by atoms with Crippen molar-refractivity contribution in [2.45, 2.75) is 62.8 Å². The van der Waals surface area contributed by atoms with Crippen molar-refractivity contribution < 1.29 is 9.53 Å². The molecule has 2 saturated carbocycles. The van der Waals surface area contributed by atoms with Gasteiger partial charge in [0.2, 0.25) is 0 Å². The Labute approximate surface area is 150 Å². The van der Waals surface area contributed by atoms with Gasteiger partial charge in [0.25, 0.3) is 0 Å². The average molecular weight is 342 g/mol. The van der Waals surface area contributed by atoms with Crippen LogP contribution in [-0.4, -0.2) is 31.3 Å². The predicted octanol–water partition coefficient (Wildman–Crippen LogP) is 3.68. The number of amides is 2. The van der Waals surface area contributed by atoms with Crippen molar-refractivity contribution >= 4 is 6.03 Å². The minimum Gasteiger partial charge on any atom is -0.381 e. The molecular weight excluding hydrogens is 312 g/mol. The zero-order valence-corrected chi connectivity index (χ0v) is 15.3. The standard InChI is InChI=1S/C21H30N2O2/c1-16-6-2-3-8-18(16)20(10-12-25-13-11-20)15-22-19(24)23-21-9-5-4-7-17(21)14-21/h2-3,6,8,17H,4-5,7,9-15H2,1H3,(H2,22,23,24). The van der Waals surface area contributed by atoms with E-state index in [2.05, 4.69) is 41.8 Å². The van der Waals surface area contributed by atoms with Crippen molar-refractivity contribution in [3.05, 3.63) is 35.4 Å². The number of urea groups is 1. The molecule has 1 aromatic carbocycles. The lowest BCUT2D eigenvalue weighted by molar-refractivity contribution is 0.0504. The van der Waals surface area contributed by atoms with E-state index in [1.54, 1.807) is 0 Å². The molecule has 2 aliphatic carbocycles. The first kappa shape index (κ1) is 16.9. The number of ether oxygens (including phenoxy) is 1. The number of hydrogen-bond donors (Lipinski definition) is 2. The molecule has 3 fully saturated rings. The molecule has 4 heteroatoms. The number of fused-ring (bicyclic) bond motifs is 1. The molecule has 1 saturated heterocycles. The maximum absolute atomic E-state index is 12.6. The van der Waals surface area contributed by atoms with Crippen molar-refractivity contribution in [2.24, 2.45) is 5.92 Å². The van der Waals surface area contributed by atoms with Crippen LogP contribution in [0.4, 0.5) is 4.79 Å². The summed E-state index contributed by atoms with van der Waals surface area (Å²) in [6, 6.07) is 8.60. The fraction of sp³-hybridized carbons (Fsp3) is 0.667. The normalized spacial score (nSPS) is 30.2. The predicted molar refractivity (Wildman–Crippen MR) is 98.8 cm³/mol. The van der Waals surface area contributed by atoms with Gasteiger partial charge in [0.05, 0.1) is 0 Å². The molecule has 1 aliphatic heterocycles. The summed E-state index contributed by atoms with van der Waals surface area (Å²) in [7, 11) is 0.